The molecule has 0 aliphatic rings. The lowest BCUT2D eigenvalue weighted by atomic mass is 9.95. The van der Waals surface area contributed by atoms with Crippen molar-refractivity contribution in [1.29, 1.82) is 0 Å². The van der Waals surface area contributed by atoms with Gasteiger partial charge in [0, 0.05) is 24.9 Å². The largest absolute Gasteiger partial charge is 0.396 e. The molecular weight excluding hydrogens is 248 g/mol. The van der Waals surface area contributed by atoms with Crippen LogP contribution in [0.5, 0.6) is 0 Å². The van der Waals surface area contributed by atoms with E-state index in [-0.39, 0.29) is 12.5 Å². The molecule has 0 saturated heterocycles. The number of aromatic nitrogens is 2. The second-order valence-corrected chi connectivity index (χ2v) is 4.94. The Hall–Kier alpha value is -1.32. The van der Waals surface area contributed by atoms with E-state index in [1.54, 1.807) is 4.68 Å². The minimum absolute atomic E-state index is 0.141. The monoisotopic (exact) mass is 264 g/mol. The maximum Gasteiger partial charge on any atom is 0.0628 e. The summed E-state index contributed by atoms with van der Waals surface area (Å²) in [5.74, 6) is 0.153. The number of hydrogen-bond donors (Lipinski definition) is 1. The zero-order valence-electron chi connectivity index (χ0n) is 10.4. The summed E-state index contributed by atoms with van der Waals surface area (Å²) >= 11 is 6.13. The fourth-order valence-corrected chi connectivity index (χ4v) is 2.26. The molecule has 1 aromatic heterocycles. The van der Waals surface area contributed by atoms with Gasteiger partial charge in [0.1, 0.15) is 0 Å². The summed E-state index contributed by atoms with van der Waals surface area (Å²) in [6.07, 6.45) is 3.45. The Morgan fingerprint density at radius 2 is 2.06 bits per heavy atom. The van der Waals surface area contributed by atoms with Gasteiger partial charge < -0.3 is 5.11 Å². The average Bonchev–Trinajstić information content (AvgIpc) is 2.76. The van der Waals surface area contributed by atoms with Gasteiger partial charge in [0.05, 0.1) is 5.69 Å². The topological polar surface area (TPSA) is 38.0 Å². The van der Waals surface area contributed by atoms with Crippen molar-refractivity contribution in [1.82, 2.24) is 9.78 Å². The third-order valence-corrected chi connectivity index (χ3v) is 3.36. The molecule has 1 unspecified atom stereocenters. The second-order valence-electron chi connectivity index (χ2n) is 4.53. The summed E-state index contributed by atoms with van der Waals surface area (Å²) in [5, 5.41) is 14.6. The predicted octanol–water partition coefficient (Wildman–Crippen LogP) is 2.47. The Kier molecular flexibility index (Phi) is 4.39. The number of halogens is 1. The predicted molar refractivity (Wildman–Crippen MR) is 72.6 cm³/mol. The highest BCUT2D eigenvalue weighted by Gasteiger charge is 2.13. The SMILES string of the molecule is Cn1ccc(CC(CO)Cc2ccccc2Cl)n1. The van der Waals surface area contributed by atoms with Crippen LogP contribution in [-0.4, -0.2) is 21.5 Å². The summed E-state index contributed by atoms with van der Waals surface area (Å²) in [6, 6.07) is 9.75. The molecule has 2 aromatic rings. The standard InChI is InChI=1S/C14H17ClN2O/c1-17-7-6-13(16-17)9-11(10-18)8-12-4-2-3-5-14(12)15/h2-7,11,18H,8-10H2,1H3. The molecule has 96 valence electrons. The molecule has 2 rings (SSSR count). The smallest absolute Gasteiger partial charge is 0.0628 e. The molecule has 0 radical (unpaired) electrons. The summed E-state index contributed by atoms with van der Waals surface area (Å²) in [6.45, 7) is 0.141. The number of benzene rings is 1. The maximum atomic E-state index is 9.47. The number of aryl methyl sites for hydroxylation is 1. The van der Waals surface area contributed by atoms with Crippen LogP contribution >= 0.6 is 11.6 Å². The molecule has 0 amide bonds. The normalized spacial score (nSPS) is 12.6. The first-order valence-electron chi connectivity index (χ1n) is 6.02. The second kappa shape index (κ2) is 6.03. The van der Waals surface area contributed by atoms with Crippen LogP contribution in [0.25, 0.3) is 0 Å². The summed E-state index contributed by atoms with van der Waals surface area (Å²) in [5.41, 5.74) is 2.08. The van der Waals surface area contributed by atoms with E-state index in [2.05, 4.69) is 5.10 Å². The van der Waals surface area contributed by atoms with Crippen LogP contribution in [-0.2, 0) is 19.9 Å². The highest BCUT2D eigenvalue weighted by molar-refractivity contribution is 6.31. The zero-order chi connectivity index (χ0) is 13.0. The number of aliphatic hydroxyl groups excluding tert-OH is 1. The molecule has 1 aromatic carbocycles. The van der Waals surface area contributed by atoms with Crippen LogP contribution in [0.3, 0.4) is 0 Å². The van der Waals surface area contributed by atoms with Crippen molar-refractivity contribution in [2.75, 3.05) is 6.61 Å². The van der Waals surface area contributed by atoms with Gasteiger partial charge in [-0.1, -0.05) is 29.8 Å². The van der Waals surface area contributed by atoms with Crippen LogP contribution in [0, 0.1) is 5.92 Å². The lowest BCUT2D eigenvalue weighted by Crippen LogP contribution is -2.13. The van der Waals surface area contributed by atoms with E-state index in [1.807, 2.05) is 43.6 Å². The van der Waals surface area contributed by atoms with Gasteiger partial charge >= 0.3 is 0 Å². The highest BCUT2D eigenvalue weighted by atomic mass is 35.5. The first kappa shape index (κ1) is 13.1. The molecule has 0 spiro atoms. The van der Waals surface area contributed by atoms with E-state index in [4.69, 9.17) is 11.6 Å². The third kappa shape index (κ3) is 3.34. The first-order chi connectivity index (χ1) is 8.69. The Balaban J connectivity index is 2.04. The molecule has 1 atom stereocenters. The number of rotatable bonds is 5. The van der Waals surface area contributed by atoms with Crippen molar-refractivity contribution < 1.29 is 5.11 Å². The van der Waals surface area contributed by atoms with Crippen molar-refractivity contribution in [2.45, 2.75) is 12.8 Å². The Morgan fingerprint density at radius 1 is 1.28 bits per heavy atom. The Bertz CT molecular complexity index is 510. The molecule has 0 aliphatic heterocycles. The number of nitrogens with zero attached hydrogens (tertiary/aromatic N) is 2. The highest BCUT2D eigenvalue weighted by Crippen LogP contribution is 2.20. The molecule has 1 heterocycles. The van der Waals surface area contributed by atoms with Crippen molar-refractivity contribution in [3.8, 4) is 0 Å². The summed E-state index contributed by atoms with van der Waals surface area (Å²) in [7, 11) is 1.89. The van der Waals surface area contributed by atoms with Crippen LogP contribution in [0.2, 0.25) is 5.02 Å². The van der Waals surface area contributed by atoms with E-state index in [9.17, 15) is 5.11 Å². The Morgan fingerprint density at radius 3 is 2.67 bits per heavy atom. The molecular formula is C14H17ClN2O. The van der Waals surface area contributed by atoms with E-state index in [0.717, 1.165) is 29.1 Å². The van der Waals surface area contributed by atoms with Gasteiger partial charge in [-0.3, -0.25) is 4.68 Å². The molecule has 18 heavy (non-hydrogen) atoms. The number of aliphatic hydroxyl groups is 1. The lowest BCUT2D eigenvalue weighted by Gasteiger charge is -2.13. The molecule has 4 heteroatoms. The molecule has 3 nitrogen and oxygen atoms in total. The fourth-order valence-electron chi connectivity index (χ4n) is 2.04. The van der Waals surface area contributed by atoms with Crippen LogP contribution in [0.15, 0.2) is 36.5 Å². The minimum Gasteiger partial charge on any atom is -0.396 e. The third-order valence-electron chi connectivity index (χ3n) is 2.99. The minimum atomic E-state index is 0.141. The van der Waals surface area contributed by atoms with Crippen molar-refractivity contribution in [2.24, 2.45) is 13.0 Å². The zero-order valence-corrected chi connectivity index (χ0v) is 11.1. The van der Waals surface area contributed by atoms with Gasteiger partial charge in [0.25, 0.3) is 0 Å². The lowest BCUT2D eigenvalue weighted by molar-refractivity contribution is 0.224. The molecule has 0 saturated carbocycles. The fraction of sp³-hybridized carbons (Fsp3) is 0.357. The molecule has 1 N–H and O–H groups in total. The Labute approximate surface area is 112 Å². The van der Waals surface area contributed by atoms with Gasteiger partial charge in [-0.2, -0.15) is 5.10 Å². The van der Waals surface area contributed by atoms with Gasteiger partial charge in [-0.15, -0.1) is 0 Å². The molecule has 0 fully saturated rings. The van der Waals surface area contributed by atoms with E-state index < -0.39 is 0 Å². The van der Waals surface area contributed by atoms with E-state index in [0.29, 0.717) is 0 Å². The average molecular weight is 265 g/mol. The van der Waals surface area contributed by atoms with Crippen molar-refractivity contribution in [3.05, 3.63) is 52.8 Å². The number of hydrogen-bond acceptors (Lipinski definition) is 2. The van der Waals surface area contributed by atoms with Crippen molar-refractivity contribution >= 4 is 11.6 Å². The van der Waals surface area contributed by atoms with Gasteiger partial charge in [0.15, 0.2) is 0 Å². The quantitative estimate of drug-likeness (QED) is 0.901. The van der Waals surface area contributed by atoms with Crippen LogP contribution < -0.4 is 0 Å². The van der Waals surface area contributed by atoms with Crippen molar-refractivity contribution in [3.63, 3.8) is 0 Å². The van der Waals surface area contributed by atoms with Gasteiger partial charge in [-0.05, 0) is 36.5 Å². The van der Waals surface area contributed by atoms with Gasteiger partial charge in [0.2, 0.25) is 0 Å². The molecule has 0 aliphatic carbocycles. The van der Waals surface area contributed by atoms with Gasteiger partial charge in [-0.25, -0.2) is 0 Å². The van der Waals surface area contributed by atoms with E-state index >= 15 is 0 Å². The maximum absolute atomic E-state index is 9.47. The first-order valence-corrected chi connectivity index (χ1v) is 6.39. The van der Waals surface area contributed by atoms with E-state index in [1.165, 1.54) is 0 Å². The van der Waals surface area contributed by atoms with Crippen LogP contribution in [0.4, 0.5) is 0 Å². The van der Waals surface area contributed by atoms with Crippen LogP contribution in [0.1, 0.15) is 11.3 Å². The summed E-state index contributed by atoms with van der Waals surface area (Å²) in [4.78, 5) is 0. The molecule has 0 bridgehead atoms. The summed E-state index contributed by atoms with van der Waals surface area (Å²) < 4.78 is 1.78.